The minimum atomic E-state index is -0.443. The molecule has 1 saturated heterocycles. The summed E-state index contributed by atoms with van der Waals surface area (Å²) in [5, 5.41) is 3.50. The fourth-order valence-electron chi connectivity index (χ4n) is 4.22. The van der Waals surface area contributed by atoms with Gasteiger partial charge in [0, 0.05) is 38.2 Å². The Labute approximate surface area is 199 Å². The number of hydrogen-bond acceptors (Lipinski definition) is 6. The molecule has 0 spiro atoms. The number of nitrogens with one attached hydrogen (secondary N) is 1. The molecule has 1 aliphatic rings. The third-order valence-electron chi connectivity index (χ3n) is 6.16. The lowest BCUT2D eigenvalue weighted by Gasteiger charge is -2.43. The van der Waals surface area contributed by atoms with Gasteiger partial charge in [0.25, 0.3) is 0 Å². The number of aromatic nitrogens is 2. The van der Waals surface area contributed by atoms with Crippen molar-refractivity contribution in [1.82, 2.24) is 14.9 Å². The van der Waals surface area contributed by atoms with Crippen LogP contribution in [-0.4, -0.2) is 53.6 Å². The van der Waals surface area contributed by atoms with Crippen LogP contribution >= 0.6 is 0 Å². The van der Waals surface area contributed by atoms with Crippen molar-refractivity contribution in [3.63, 3.8) is 0 Å². The van der Waals surface area contributed by atoms with Crippen LogP contribution in [0.2, 0.25) is 0 Å². The molecule has 176 valence electrons. The van der Waals surface area contributed by atoms with E-state index < -0.39 is 11.5 Å². The maximum absolute atomic E-state index is 13.1. The molecule has 8 nitrogen and oxygen atoms in total. The van der Waals surface area contributed by atoms with E-state index in [1.54, 1.807) is 18.9 Å². The zero-order valence-electron chi connectivity index (χ0n) is 19.5. The number of rotatable bonds is 6. The van der Waals surface area contributed by atoms with E-state index in [0.29, 0.717) is 44.0 Å². The van der Waals surface area contributed by atoms with E-state index in [-0.39, 0.29) is 6.03 Å². The minimum absolute atomic E-state index is 0.0251. The number of esters is 1. The van der Waals surface area contributed by atoms with Crippen LogP contribution in [0, 0.1) is 0 Å². The molecule has 34 heavy (non-hydrogen) atoms. The number of ether oxygens (including phenoxy) is 1. The molecular formula is C26H29N5O3. The van der Waals surface area contributed by atoms with Crippen LogP contribution in [0.5, 0.6) is 0 Å². The Bertz CT molecular complexity index is 1100. The lowest BCUT2D eigenvalue weighted by atomic mass is 9.81. The number of amides is 2. The molecule has 2 heterocycles. The summed E-state index contributed by atoms with van der Waals surface area (Å²) in [6.07, 6.45) is 4.32. The first-order chi connectivity index (χ1) is 16.5. The highest BCUT2D eigenvalue weighted by atomic mass is 16.5. The molecule has 0 unspecified atom stereocenters. The Morgan fingerprint density at radius 3 is 2.18 bits per heavy atom. The van der Waals surface area contributed by atoms with E-state index in [2.05, 4.69) is 27.4 Å². The number of urea groups is 1. The number of anilines is 2. The van der Waals surface area contributed by atoms with Gasteiger partial charge in [-0.2, -0.15) is 0 Å². The molecule has 1 fully saturated rings. The maximum Gasteiger partial charge on any atom is 0.341 e. The van der Waals surface area contributed by atoms with Crippen LogP contribution in [0.1, 0.15) is 35.7 Å². The van der Waals surface area contributed by atoms with Crippen molar-refractivity contribution in [3.05, 3.63) is 84.2 Å². The number of likely N-dealkylation sites (tertiary alicyclic amines) is 1. The standard InChI is InChI=1S/C26H29N5O3/c1-3-34-23(32)20-18-27-24(28-19-20)29-26(21-10-6-4-7-11-21)14-16-31(17-15-26)25(33)30(2)22-12-8-5-9-13-22/h4-13,18-19H,3,14-17H2,1-2H3,(H,27,28,29). The van der Waals surface area contributed by atoms with Crippen molar-refractivity contribution in [2.24, 2.45) is 0 Å². The molecule has 0 atom stereocenters. The monoisotopic (exact) mass is 459 g/mol. The molecule has 2 aromatic carbocycles. The predicted molar refractivity (Wildman–Crippen MR) is 131 cm³/mol. The summed E-state index contributed by atoms with van der Waals surface area (Å²) in [4.78, 5) is 37.3. The Morgan fingerprint density at radius 1 is 1.00 bits per heavy atom. The molecule has 0 aliphatic carbocycles. The summed E-state index contributed by atoms with van der Waals surface area (Å²) in [7, 11) is 1.80. The second kappa shape index (κ2) is 10.3. The zero-order chi connectivity index (χ0) is 24.0. The highest BCUT2D eigenvalue weighted by Crippen LogP contribution is 2.36. The molecule has 3 aromatic rings. The quantitative estimate of drug-likeness (QED) is 0.553. The molecule has 1 aromatic heterocycles. The van der Waals surface area contributed by atoms with E-state index in [1.165, 1.54) is 12.4 Å². The van der Waals surface area contributed by atoms with Crippen molar-refractivity contribution < 1.29 is 14.3 Å². The second-order valence-electron chi connectivity index (χ2n) is 8.25. The molecule has 0 saturated carbocycles. The Balaban J connectivity index is 1.51. The van der Waals surface area contributed by atoms with Crippen molar-refractivity contribution >= 4 is 23.6 Å². The topological polar surface area (TPSA) is 87.7 Å². The van der Waals surface area contributed by atoms with Gasteiger partial charge >= 0.3 is 12.0 Å². The van der Waals surface area contributed by atoms with Crippen LogP contribution in [0.3, 0.4) is 0 Å². The maximum atomic E-state index is 13.1. The minimum Gasteiger partial charge on any atom is -0.462 e. The average molecular weight is 460 g/mol. The van der Waals surface area contributed by atoms with Gasteiger partial charge in [0.2, 0.25) is 5.95 Å². The average Bonchev–Trinajstić information content (AvgIpc) is 2.90. The molecule has 0 bridgehead atoms. The SMILES string of the molecule is CCOC(=O)c1cnc(NC2(c3ccccc3)CCN(C(=O)N(C)c3ccccc3)CC2)nc1. The van der Waals surface area contributed by atoms with Gasteiger partial charge in [-0.15, -0.1) is 0 Å². The van der Waals surface area contributed by atoms with Crippen molar-refractivity contribution in [1.29, 1.82) is 0 Å². The summed E-state index contributed by atoms with van der Waals surface area (Å²) in [5.41, 5.74) is 1.84. The van der Waals surface area contributed by atoms with Gasteiger partial charge in [-0.3, -0.25) is 4.90 Å². The van der Waals surface area contributed by atoms with E-state index in [4.69, 9.17) is 4.74 Å². The van der Waals surface area contributed by atoms with E-state index in [1.807, 2.05) is 53.4 Å². The Morgan fingerprint density at radius 2 is 1.59 bits per heavy atom. The first kappa shape index (κ1) is 23.2. The largest absolute Gasteiger partial charge is 0.462 e. The third-order valence-corrected chi connectivity index (χ3v) is 6.16. The highest BCUT2D eigenvalue weighted by Gasteiger charge is 2.38. The van der Waals surface area contributed by atoms with Gasteiger partial charge in [0.05, 0.1) is 17.7 Å². The van der Waals surface area contributed by atoms with Gasteiger partial charge in [0.15, 0.2) is 0 Å². The van der Waals surface area contributed by atoms with Crippen LogP contribution < -0.4 is 10.2 Å². The number of piperidine rings is 1. The normalized spacial score (nSPS) is 14.8. The predicted octanol–water partition coefficient (Wildman–Crippen LogP) is 4.31. The Hall–Kier alpha value is -3.94. The summed E-state index contributed by atoms with van der Waals surface area (Å²) in [5.74, 6) is -0.0146. The fraction of sp³-hybridized carbons (Fsp3) is 0.308. The fourth-order valence-corrected chi connectivity index (χ4v) is 4.22. The lowest BCUT2D eigenvalue weighted by Crippen LogP contribution is -2.52. The zero-order valence-corrected chi connectivity index (χ0v) is 19.5. The van der Waals surface area contributed by atoms with Gasteiger partial charge in [-0.1, -0.05) is 48.5 Å². The van der Waals surface area contributed by atoms with Crippen LogP contribution in [0.25, 0.3) is 0 Å². The van der Waals surface area contributed by atoms with E-state index in [0.717, 1.165) is 11.3 Å². The molecular weight excluding hydrogens is 430 g/mol. The number of nitrogens with zero attached hydrogens (tertiary/aromatic N) is 4. The first-order valence-electron chi connectivity index (χ1n) is 11.4. The van der Waals surface area contributed by atoms with Crippen molar-refractivity contribution in [2.75, 3.05) is 37.0 Å². The number of hydrogen-bond donors (Lipinski definition) is 1. The summed E-state index contributed by atoms with van der Waals surface area (Å²) in [6, 6.07) is 19.8. The molecule has 8 heteroatoms. The smallest absolute Gasteiger partial charge is 0.341 e. The molecule has 4 rings (SSSR count). The number of para-hydroxylation sites is 1. The van der Waals surface area contributed by atoms with Gasteiger partial charge in [-0.05, 0) is 37.5 Å². The summed E-state index contributed by atoms with van der Waals surface area (Å²) >= 11 is 0. The van der Waals surface area contributed by atoms with Crippen LogP contribution in [-0.2, 0) is 10.3 Å². The Kier molecular flexibility index (Phi) is 7.06. The summed E-state index contributed by atoms with van der Waals surface area (Å²) in [6.45, 7) is 3.22. The van der Waals surface area contributed by atoms with E-state index in [9.17, 15) is 9.59 Å². The van der Waals surface area contributed by atoms with Crippen molar-refractivity contribution in [3.8, 4) is 0 Å². The number of carbonyl (C=O) groups is 2. The number of benzene rings is 2. The van der Waals surface area contributed by atoms with Gasteiger partial charge in [0.1, 0.15) is 0 Å². The lowest BCUT2D eigenvalue weighted by molar-refractivity contribution is 0.0525. The summed E-state index contributed by atoms with van der Waals surface area (Å²) < 4.78 is 5.01. The third kappa shape index (κ3) is 5.01. The molecule has 1 aliphatic heterocycles. The van der Waals surface area contributed by atoms with E-state index >= 15 is 0 Å². The van der Waals surface area contributed by atoms with Crippen molar-refractivity contribution in [2.45, 2.75) is 25.3 Å². The van der Waals surface area contributed by atoms with Crippen LogP contribution in [0.15, 0.2) is 73.1 Å². The molecule has 0 radical (unpaired) electrons. The first-order valence-corrected chi connectivity index (χ1v) is 11.4. The van der Waals surface area contributed by atoms with Gasteiger partial charge in [-0.25, -0.2) is 19.6 Å². The number of carbonyl (C=O) groups excluding carboxylic acids is 2. The van der Waals surface area contributed by atoms with Gasteiger partial charge < -0.3 is 15.0 Å². The molecule has 2 amide bonds. The van der Waals surface area contributed by atoms with Crippen LogP contribution in [0.4, 0.5) is 16.4 Å². The molecule has 1 N–H and O–H groups in total. The second-order valence-corrected chi connectivity index (χ2v) is 8.25. The highest BCUT2D eigenvalue weighted by molar-refractivity contribution is 5.91.